The molecule has 0 aliphatic carbocycles. The second kappa shape index (κ2) is 9.43. The third-order valence-corrected chi connectivity index (χ3v) is 3.28. The van der Waals surface area contributed by atoms with Crippen LogP contribution in [0.3, 0.4) is 0 Å². The van der Waals surface area contributed by atoms with Crippen molar-refractivity contribution in [2.24, 2.45) is 11.7 Å². The van der Waals surface area contributed by atoms with E-state index in [9.17, 15) is 4.79 Å². The van der Waals surface area contributed by atoms with E-state index in [-0.39, 0.29) is 5.91 Å². The first-order chi connectivity index (χ1) is 10.4. The number of nitrogens with two attached hydrogens (primary N) is 1. The zero-order valence-corrected chi connectivity index (χ0v) is 14.1. The third-order valence-electron chi connectivity index (χ3n) is 3.28. The van der Waals surface area contributed by atoms with Crippen LogP contribution in [0.4, 0.5) is 0 Å². The number of rotatable bonds is 9. The Labute approximate surface area is 133 Å². The lowest BCUT2D eigenvalue weighted by Crippen LogP contribution is -2.41. The van der Waals surface area contributed by atoms with E-state index in [4.69, 9.17) is 10.5 Å². The standard InChI is InChI=1S/C17H29N3O2/c1-13(2)11-15(18)17(21)19-12-14-7-5-6-8-16(14)22-10-9-20(3)4/h5-8,13,15H,9-12,18H2,1-4H3,(H,19,21)/t15-/m0/s1. The average molecular weight is 307 g/mol. The fourth-order valence-electron chi connectivity index (χ4n) is 2.06. The number of carbonyl (C=O) groups is 1. The van der Waals surface area contributed by atoms with Crippen LogP contribution >= 0.6 is 0 Å². The summed E-state index contributed by atoms with van der Waals surface area (Å²) < 4.78 is 5.78. The van der Waals surface area contributed by atoms with E-state index in [0.29, 0.717) is 25.5 Å². The first-order valence-corrected chi connectivity index (χ1v) is 7.79. The van der Waals surface area contributed by atoms with Gasteiger partial charge in [-0.3, -0.25) is 4.79 Å². The van der Waals surface area contributed by atoms with Crippen LogP contribution in [-0.2, 0) is 11.3 Å². The number of nitrogens with zero attached hydrogens (tertiary/aromatic N) is 1. The molecule has 1 atom stereocenters. The molecular weight excluding hydrogens is 278 g/mol. The number of hydrogen-bond acceptors (Lipinski definition) is 4. The largest absolute Gasteiger partial charge is 0.492 e. The zero-order chi connectivity index (χ0) is 16.5. The Morgan fingerprint density at radius 1 is 1.32 bits per heavy atom. The highest BCUT2D eigenvalue weighted by Crippen LogP contribution is 2.17. The van der Waals surface area contributed by atoms with Crippen LogP contribution in [0.25, 0.3) is 0 Å². The van der Waals surface area contributed by atoms with E-state index in [2.05, 4.69) is 24.1 Å². The van der Waals surface area contributed by atoms with Gasteiger partial charge in [-0.15, -0.1) is 0 Å². The van der Waals surface area contributed by atoms with Gasteiger partial charge in [0.05, 0.1) is 6.04 Å². The second-order valence-electron chi connectivity index (χ2n) is 6.21. The van der Waals surface area contributed by atoms with Crippen LogP contribution in [0, 0.1) is 5.92 Å². The first-order valence-electron chi connectivity index (χ1n) is 7.79. The average Bonchev–Trinajstić information content (AvgIpc) is 2.44. The van der Waals surface area contributed by atoms with E-state index in [1.54, 1.807) is 0 Å². The molecule has 1 rings (SSSR count). The molecule has 0 bridgehead atoms. The minimum Gasteiger partial charge on any atom is -0.492 e. The van der Waals surface area contributed by atoms with Crippen molar-refractivity contribution in [3.05, 3.63) is 29.8 Å². The van der Waals surface area contributed by atoms with Crippen molar-refractivity contribution in [2.75, 3.05) is 27.2 Å². The number of carbonyl (C=O) groups excluding carboxylic acids is 1. The Kier molecular flexibility index (Phi) is 7.91. The molecule has 0 aliphatic heterocycles. The summed E-state index contributed by atoms with van der Waals surface area (Å²) in [5.74, 6) is 1.10. The number of benzene rings is 1. The molecule has 1 amide bonds. The van der Waals surface area contributed by atoms with Gasteiger partial charge in [-0.2, -0.15) is 0 Å². The third kappa shape index (κ3) is 6.91. The Hall–Kier alpha value is -1.59. The van der Waals surface area contributed by atoms with Crippen LogP contribution in [0.15, 0.2) is 24.3 Å². The van der Waals surface area contributed by atoms with Crippen LogP contribution in [0.1, 0.15) is 25.8 Å². The molecule has 0 unspecified atom stereocenters. The minimum absolute atomic E-state index is 0.114. The molecule has 1 aromatic carbocycles. The summed E-state index contributed by atoms with van der Waals surface area (Å²) in [6, 6.07) is 7.29. The van der Waals surface area contributed by atoms with E-state index in [1.165, 1.54) is 0 Å². The minimum atomic E-state index is -0.457. The van der Waals surface area contributed by atoms with E-state index in [1.807, 2.05) is 38.4 Å². The molecule has 124 valence electrons. The molecule has 0 spiro atoms. The van der Waals surface area contributed by atoms with Crippen molar-refractivity contribution in [3.8, 4) is 5.75 Å². The zero-order valence-electron chi connectivity index (χ0n) is 14.1. The van der Waals surface area contributed by atoms with Crippen LogP contribution in [0.5, 0.6) is 5.75 Å². The molecule has 0 fully saturated rings. The highest BCUT2D eigenvalue weighted by Gasteiger charge is 2.15. The summed E-state index contributed by atoms with van der Waals surface area (Å²) in [6.45, 7) is 6.01. The van der Waals surface area contributed by atoms with Gasteiger partial charge in [-0.1, -0.05) is 32.0 Å². The van der Waals surface area contributed by atoms with E-state index in [0.717, 1.165) is 17.9 Å². The monoisotopic (exact) mass is 307 g/mol. The predicted molar refractivity (Wildman–Crippen MR) is 89.8 cm³/mol. The molecule has 1 aromatic rings. The highest BCUT2D eigenvalue weighted by molar-refractivity contribution is 5.81. The van der Waals surface area contributed by atoms with Gasteiger partial charge in [0.15, 0.2) is 0 Å². The summed E-state index contributed by atoms with van der Waals surface area (Å²) in [5.41, 5.74) is 6.85. The van der Waals surface area contributed by atoms with Gasteiger partial charge in [0.1, 0.15) is 12.4 Å². The molecule has 0 aromatic heterocycles. The smallest absolute Gasteiger partial charge is 0.237 e. The SMILES string of the molecule is CC(C)C[C@H](N)C(=O)NCc1ccccc1OCCN(C)C. The Balaban J connectivity index is 2.53. The lowest BCUT2D eigenvalue weighted by Gasteiger charge is -2.16. The molecule has 5 nitrogen and oxygen atoms in total. The maximum absolute atomic E-state index is 12.0. The molecule has 22 heavy (non-hydrogen) atoms. The molecular formula is C17H29N3O2. The number of ether oxygens (including phenoxy) is 1. The lowest BCUT2D eigenvalue weighted by molar-refractivity contribution is -0.122. The van der Waals surface area contributed by atoms with Gasteiger partial charge in [-0.05, 0) is 32.5 Å². The van der Waals surface area contributed by atoms with Crippen molar-refractivity contribution >= 4 is 5.91 Å². The normalized spacial score (nSPS) is 12.5. The van der Waals surface area contributed by atoms with Gasteiger partial charge < -0.3 is 20.7 Å². The highest BCUT2D eigenvalue weighted by atomic mass is 16.5. The van der Waals surface area contributed by atoms with Gasteiger partial charge in [0, 0.05) is 18.7 Å². The number of hydrogen-bond donors (Lipinski definition) is 2. The number of nitrogens with one attached hydrogen (secondary N) is 1. The quantitative estimate of drug-likeness (QED) is 0.727. The second-order valence-corrected chi connectivity index (χ2v) is 6.21. The Morgan fingerprint density at radius 2 is 2.00 bits per heavy atom. The number of amides is 1. The first kappa shape index (κ1) is 18.5. The number of para-hydroxylation sites is 1. The molecule has 3 N–H and O–H groups in total. The summed E-state index contributed by atoms with van der Waals surface area (Å²) in [7, 11) is 4.01. The van der Waals surface area contributed by atoms with E-state index >= 15 is 0 Å². The van der Waals surface area contributed by atoms with Crippen LogP contribution in [0.2, 0.25) is 0 Å². The molecule has 0 heterocycles. The van der Waals surface area contributed by atoms with Crippen LogP contribution < -0.4 is 15.8 Å². The van der Waals surface area contributed by atoms with Gasteiger partial charge >= 0.3 is 0 Å². The molecule has 0 saturated heterocycles. The van der Waals surface area contributed by atoms with Crippen LogP contribution in [-0.4, -0.2) is 44.1 Å². The fraction of sp³-hybridized carbons (Fsp3) is 0.588. The Bertz CT molecular complexity index is 461. The van der Waals surface area contributed by atoms with Gasteiger partial charge in [0.2, 0.25) is 5.91 Å². The Morgan fingerprint density at radius 3 is 2.64 bits per heavy atom. The van der Waals surface area contributed by atoms with Gasteiger partial charge in [-0.25, -0.2) is 0 Å². The molecule has 0 radical (unpaired) electrons. The lowest BCUT2D eigenvalue weighted by atomic mass is 10.0. The van der Waals surface area contributed by atoms with Crippen molar-refractivity contribution in [3.63, 3.8) is 0 Å². The molecule has 0 aliphatic rings. The van der Waals surface area contributed by atoms with Crippen molar-refractivity contribution in [1.29, 1.82) is 0 Å². The summed E-state index contributed by atoms with van der Waals surface area (Å²) in [6.07, 6.45) is 0.687. The topological polar surface area (TPSA) is 67.6 Å². The van der Waals surface area contributed by atoms with Crippen molar-refractivity contribution < 1.29 is 9.53 Å². The molecule has 0 saturated carbocycles. The van der Waals surface area contributed by atoms with Crippen molar-refractivity contribution in [1.82, 2.24) is 10.2 Å². The van der Waals surface area contributed by atoms with Gasteiger partial charge in [0.25, 0.3) is 0 Å². The number of likely N-dealkylation sites (N-methyl/N-ethyl adjacent to an activating group) is 1. The summed E-state index contributed by atoms with van der Waals surface area (Å²) in [4.78, 5) is 14.0. The maximum atomic E-state index is 12.0. The summed E-state index contributed by atoms with van der Waals surface area (Å²) in [5, 5.41) is 2.89. The molecule has 5 heteroatoms. The van der Waals surface area contributed by atoms with Crippen molar-refractivity contribution in [2.45, 2.75) is 32.9 Å². The summed E-state index contributed by atoms with van der Waals surface area (Å²) >= 11 is 0. The van der Waals surface area contributed by atoms with E-state index < -0.39 is 6.04 Å². The maximum Gasteiger partial charge on any atom is 0.237 e. The predicted octanol–water partition coefficient (Wildman–Crippen LogP) is 1.62. The fourth-order valence-corrected chi connectivity index (χ4v) is 2.06.